The zero-order valence-electron chi connectivity index (χ0n) is 13.6. The van der Waals surface area contributed by atoms with Crippen molar-refractivity contribution in [3.8, 4) is 5.75 Å². The predicted molar refractivity (Wildman–Crippen MR) is 94.2 cm³/mol. The quantitative estimate of drug-likeness (QED) is 0.692. The molecule has 1 aliphatic rings. The van der Waals surface area contributed by atoms with Gasteiger partial charge in [0.05, 0.1) is 22.0 Å². The monoisotopic (exact) mass is 418 g/mol. The third-order valence-electron chi connectivity index (χ3n) is 3.91. The van der Waals surface area contributed by atoms with E-state index in [1.807, 2.05) is 0 Å². The first-order chi connectivity index (χ1) is 12.5. The van der Waals surface area contributed by atoms with Gasteiger partial charge in [0.15, 0.2) is 0 Å². The number of benzene rings is 2. The number of fused-ring (bicyclic) bond motifs is 1. The van der Waals surface area contributed by atoms with Crippen LogP contribution in [0.5, 0.6) is 5.75 Å². The average molecular weight is 419 g/mol. The summed E-state index contributed by atoms with van der Waals surface area (Å²) in [6, 6.07) is 6.86. The molecule has 1 heterocycles. The summed E-state index contributed by atoms with van der Waals surface area (Å²) in [6.07, 6.45) is -4.62. The molecule has 0 spiro atoms. The van der Waals surface area contributed by atoms with Gasteiger partial charge in [0, 0.05) is 5.02 Å². The van der Waals surface area contributed by atoms with Crippen LogP contribution < -0.4 is 15.4 Å². The van der Waals surface area contributed by atoms with E-state index < -0.39 is 29.2 Å². The van der Waals surface area contributed by atoms with Gasteiger partial charge in [-0.15, -0.1) is 0 Å². The third kappa shape index (κ3) is 3.68. The Morgan fingerprint density at radius 1 is 1.19 bits per heavy atom. The molecule has 2 N–H and O–H groups in total. The van der Waals surface area contributed by atoms with Crippen molar-refractivity contribution in [3.63, 3.8) is 0 Å². The van der Waals surface area contributed by atoms with Gasteiger partial charge in [0.1, 0.15) is 5.75 Å². The number of halogens is 5. The maximum atomic E-state index is 12.9. The van der Waals surface area contributed by atoms with Crippen LogP contribution in [0.1, 0.15) is 12.5 Å². The van der Waals surface area contributed by atoms with E-state index >= 15 is 0 Å². The second kappa shape index (κ2) is 6.61. The van der Waals surface area contributed by atoms with E-state index in [1.165, 1.54) is 25.1 Å². The van der Waals surface area contributed by atoms with E-state index in [-0.39, 0.29) is 22.1 Å². The highest BCUT2D eigenvalue weighted by Crippen LogP contribution is 2.37. The molecule has 0 saturated carbocycles. The van der Waals surface area contributed by atoms with Crippen molar-refractivity contribution in [1.82, 2.24) is 0 Å². The average Bonchev–Trinajstić information content (AvgIpc) is 2.57. The van der Waals surface area contributed by atoms with Gasteiger partial charge in [-0.05, 0) is 43.3 Å². The second-order valence-corrected chi connectivity index (χ2v) is 6.72. The molecule has 2 amide bonds. The highest BCUT2D eigenvalue weighted by molar-refractivity contribution is 6.34. The van der Waals surface area contributed by atoms with Crippen LogP contribution in [0.4, 0.5) is 24.5 Å². The molecule has 0 radical (unpaired) electrons. The number of hydrogen-bond donors (Lipinski definition) is 2. The van der Waals surface area contributed by atoms with Crippen molar-refractivity contribution < 1.29 is 27.5 Å². The lowest BCUT2D eigenvalue weighted by Gasteiger charge is -2.33. The van der Waals surface area contributed by atoms with E-state index in [0.29, 0.717) is 11.1 Å². The van der Waals surface area contributed by atoms with Gasteiger partial charge in [0.25, 0.3) is 17.4 Å². The topological polar surface area (TPSA) is 67.4 Å². The fourth-order valence-electron chi connectivity index (χ4n) is 2.39. The lowest BCUT2D eigenvalue weighted by atomic mass is 10.0. The molecule has 1 aliphatic heterocycles. The number of ether oxygens (including phenoxy) is 1. The molecule has 0 aromatic heterocycles. The highest BCUT2D eigenvalue weighted by atomic mass is 35.5. The number of hydrogen-bond acceptors (Lipinski definition) is 3. The summed E-state index contributed by atoms with van der Waals surface area (Å²) < 4.78 is 44.1. The number of rotatable bonds is 2. The van der Waals surface area contributed by atoms with Crippen LogP contribution in [0.3, 0.4) is 0 Å². The largest absolute Gasteiger partial charge is 0.466 e. The van der Waals surface area contributed by atoms with Crippen LogP contribution in [0.15, 0.2) is 36.4 Å². The summed E-state index contributed by atoms with van der Waals surface area (Å²) in [4.78, 5) is 25.0. The van der Waals surface area contributed by atoms with Gasteiger partial charge >= 0.3 is 6.18 Å². The summed E-state index contributed by atoms with van der Waals surface area (Å²) in [5.41, 5.74) is -3.05. The first kappa shape index (κ1) is 19.3. The molecule has 1 unspecified atom stereocenters. The smallest absolute Gasteiger partial charge is 0.416 e. The summed E-state index contributed by atoms with van der Waals surface area (Å²) in [5.74, 6) is -1.61. The zero-order valence-corrected chi connectivity index (χ0v) is 15.1. The summed E-state index contributed by atoms with van der Waals surface area (Å²) >= 11 is 11.7. The van der Waals surface area contributed by atoms with Crippen LogP contribution in [-0.4, -0.2) is 17.4 Å². The van der Waals surface area contributed by atoms with Crippen molar-refractivity contribution in [2.45, 2.75) is 18.7 Å². The number of alkyl halides is 3. The fraction of sp³-hybridized carbons (Fsp3) is 0.176. The molecule has 2 aromatic rings. The molecule has 10 heteroatoms. The Morgan fingerprint density at radius 2 is 1.89 bits per heavy atom. The van der Waals surface area contributed by atoms with E-state index in [4.69, 9.17) is 27.9 Å². The van der Waals surface area contributed by atoms with Crippen molar-refractivity contribution in [2.75, 3.05) is 10.6 Å². The van der Waals surface area contributed by atoms with Gasteiger partial charge in [-0.1, -0.05) is 23.2 Å². The molecule has 142 valence electrons. The van der Waals surface area contributed by atoms with E-state index in [2.05, 4.69) is 10.6 Å². The molecular weight excluding hydrogens is 408 g/mol. The van der Waals surface area contributed by atoms with Crippen molar-refractivity contribution >= 4 is 46.4 Å². The normalized spacial score (nSPS) is 19.0. The minimum atomic E-state index is -4.62. The zero-order chi connectivity index (χ0) is 20.0. The minimum absolute atomic E-state index is 0.122. The van der Waals surface area contributed by atoms with Gasteiger partial charge in [-0.2, -0.15) is 13.2 Å². The molecule has 27 heavy (non-hydrogen) atoms. The molecule has 0 saturated heterocycles. The van der Waals surface area contributed by atoms with E-state index in [0.717, 1.165) is 12.1 Å². The molecule has 5 nitrogen and oxygen atoms in total. The molecule has 0 aliphatic carbocycles. The Hall–Kier alpha value is -2.45. The fourth-order valence-corrected chi connectivity index (χ4v) is 2.72. The highest BCUT2D eigenvalue weighted by Gasteiger charge is 2.47. The van der Waals surface area contributed by atoms with Crippen LogP contribution in [0, 0.1) is 0 Å². The standard InChI is InChI=1S/C17H11Cl2F3N2O3/c1-16(15(26)24-12-7-9(18)3-5-13(12)27-16)14(25)23-11-6-8(17(20,21)22)2-4-10(11)19/h2-7H,1H3,(H,23,25)(H,24,26). The number of carbonyl (C=O) groups is 2. The first-order valence-corrected chi connectivity index (χ1v) is 8.24. The maximum absolute atomic E-state index is 12.9. The lowest BCUT2D eigenvalue weighted by Crippen LogP contribution is -2.56. The molecule has 0 bridgehead atoms. The minimum Gasteiger partial charge on any atom is -0.466 e. The second-order valence-electron chi connectivity index (χ2n) is 5.88. The van der Waals surface area contributed by atoms with E-state index in [9.17, 15) is 22.8 Å². The Kier molecular flexibility index (Phi) is 4.73. The Bertz CT molecular complexity index is 950. The van der Waals surface area contributed by atoms with Crippen molar-refractivity contribution in [3.05, 3.63) is 52.0 Å². The number of anilines is 2. The predicted octanol–water partition coefficient (Wildman–Crippen LogP) is 4.74. The maximum Gasteiger partial charge on any atom is 0.416 e. The Morgan fingerprint density at radius 3 is 2.56 bits per heavy atom. The van der Waals surface area contributed by atoms with E-state index in [1.54, 1.807) is 0 Å². The summed E-state index contributed by atoms with van der Waals surface area (Å²) in [6.45, 7) is 1.19. The number of amides is 2. The molecular formula is C17H11Cl2F3N2O3. The van der Waals surface area contributed by atoms with Gasteiger partial charge < -0.3 is 15.4 Å². The molecule has 1 atom stereocenters. The van der Waals surface area contributed by atoms with Crippen LogP contribution >= 0.6 is 23.2 Å². The molecule has 3 rings (SSSR count). The summed E-state index contributed by atoms with van der Waals surface area (Å²) in [7, 11) is 0. The number of carbonyl (C=O) groups excluding carboxylic acids is 2. The molecule has 2 aromatic carbocycles. The number of nitrogens with one attached hydrogen (secondary N) is 2. The van der Waals surface area contributed by atoms with Crippen molar-refractivity contribution in [2.24, 2.45) is 0 Å². The van der Waals surface area contributed by atoms with Gasteiger partial charge in [-0.3, -0.25) is 9.59 Å². The Balaban J connectivity index is 1.90. The first-order valence-electron chi connectivity index (χ1n) is 7.49. The van der Waals surface area contributed by atoms with Crippen LogP contribution in [0.2, 0.25) is 10.0 Å². The van der Waals surface area contributed by atoms with Gasteiger partial charge in [0.2, 0.25) is 0 Å². The summed E-state index contributed by atoms with van der Waals surface area (Å²) in [5, 5.41) is 4.94. The Labute approximate surface area is 161 Å². The molecule has 0 fully saturated rings. The van der Waals surface area contributed by atoms with Crippen LogP contribution in [0.25, 0.3) is 0 Å². The SMILES string of the molecule is CC1(C(=O)Nc2cc(C(F)(F)F)ccc2Cl)Oc2ccc(Cl)cc2NC1=O. The lowest BCUT2D eigenvalue weighted by molar-refractivity contribution is -0.143. The van der Waals surface area contributed by atoms with Crippen molar-refractivity contribution in [1.29, 1.82) is 0 Å². The third-order valence-corrected chi connectivity index (χ3v) is 4.48. The van der Waals surface area contributed by atoms with Crippen LogP contribution in [-0.2, 0) is 15.8 Å². The van der Waals surface area contributed by atoms with Gasteiger partial charge in [-0.25, -0.2) is 0 Å².